The van der Waals surface area contributed by atoms with E-state index in [0.29, 0.717) is 11.1 Å². The van der Waals surface area contributed by atoms with Crippen molar-refractivity contribution in [3.63, 3.8) is 0 Å². The summed E-state index contributed by atoms with van der Waals surface area (Å²) in [6, 6.07) is 20.0. The van der Waals surface area contributed by atoms with Crippen molar-refractivity contribution >= 4 is 17.0 Å². The second-order valence-electron chi connectivity index (χ2n) is 8.01. The van der Waals surface area contributed by atoms with Gasteiger partial charge in [-0.1, -0.05) is 55.1 Å². The van der Waals surface area contributed by atoms with Crippen LogP contribution in [0.5, 0.6) is 0 Å². The SMILES string of the molecule is C=C(C(N)=O)c1ccc(-c2ccc(-c3cc(-c4cnn(C)c4)cn4ncc(C#N)c34)cc2)cc1. The predicted molar refractivity (Wildman–Crippen MR) is 131 cm³/mol. The molecule has 0 unspecified atom stereocenters. The Morgan fingerprint density at radius 2 is 1.56 bits per heavy atom. The molecule has 3 aromatic heterocycles. The average molecular weight is 444 g/mol. The molecule has 2 N–H and O–H groups in total. The highest BCUT2D eigenvalue weighted by molar-refractivity contribution is 6.17. The molecule has 5 aromatic rings. The lowest BCUT2D eigenvalue weighted by Crippen LogP contribution is -2.11. The van der Waals surface area contributed by atoms with Crippen molar-refractivity contribution in [2.45, 2.75) is 0 Å². The lowest BCUT2D eigenvalue weighted by atomic mass is 9.96. The van der Waals surface area contributed by atoms with E-state index in [9.17, 15) is 10.1 Å². The molecule has 34 heavy (non-hydrogen) atoms. The second kappa shape index (κ2) is 8.19. The average Bonchev–Trinajstić information content (AvgIpc) is 3.49. The second-order valence-corrected chi connectivity index (χ2v) is 8.01. The van der Waals surface area contributed by atoms with Crippen molar-refractivity contribution in [2.75, 3.05) is 0 Å². The Balaban J connectivity index is 1.56. The van der Waals surface area contributed by atoms with E-state index >= 15 is 0 Å². The number of hydrogen-bond donors (Lipinski definition) is 1. The van der Waals surface area contributed by atoms with Crippen LogP contribution in [-0.4, -0.2) is 25.3 Å². The van der Waals surface area contributed by atoms with Gasteiger partial charge in [0.05, 0.1) is 23.5 Å². The number of benzene rings is 2. The van der Waals surface area contributed by atoms with Crippen LogP contribution in [0.3, 0.4) is 0 Å². The Hall–Kier alpha value is -4.96. The number of nitrogens with two attached hydrogens (primary N) is 1. The topological polar surface area (TPSA) is 102 Å². The normalized spacial score (nSPS) is 10.8. The van der Waals surface area contributed by atoms with E-state index in [1.54, 1.807) is 21.6 Å². The molecule has 0 spiro atoms. The zero-order valence-electron chi connectivity index (χ0n) is 18.4. The molecule has 0 radical (unpaired) electrons. The largest absolute Gasteiger partial charge is 0.366 e. The van der Waals surface area contributed by atoms with Crippen molar-refractivity contribution in [3.8, 4) is 39.4 Å². The van der Waals surface area contributed by atoms with Gasteiger partial charge in [-0.15, -0.1) is 0 Å². The monoisotopic (exact) mass is 444 g/mol. The maximum Gasteiger partial charge on any atom is 0.248 e. The van der Waals surface area contributed by atoms with Gasteiger partial charge in [-0.3, -0.25) is 9.48 Å². The van der Waals surface area contributed by atoms with Gasteiger partial charge in [0.2, 0.25) is 5.91 Å². The van der Waals surface area contributed by atoms with E-state index in [2.05, 4.69) is 28.9 Å². The first-order valence-corrected chi connectivity index (χ1v) is 10.5. The summed E-state index contributed by atoms with van der Waals surface area (Å²) >= 11 is 0. The van der Waals surface area contributed by atoms with Gasteiger partial charge in [-0.2, -0.15) is 15.5 Å². The third-order valence-electron chi connectivity index (χ3n) is 5.83. The summed E-state index contributed by atoms with van der Waals surface area (Å²) in [7, 11) is 1.87. The van der Waals surface area contributed by atoms with Gasteiger partial charge in [0.15, 0.2) is 0 Å². The smallest absolute Gasteiger partial charge is 0.248 e. The summed E-state index contributed by atoms with van der Waals surface area (Å²) in [5, 5.41) is 18.3. The number of nitriles is 1. The number of carbonyl (C=O) groups is 1. The van der Waals surface area contributed by atoms with Gasteiger partial charge in [-0.05, 0) is 28.3 Å². The number of aromatic nitrogens is 4. The van der Waals surface area contributed by atoms with E-state index in [0.717, 1.165) is 38.9 Å². The number of carbonyl (C=O) groups excluding carboxylic acids is 1. The maximum atomic E-state index is 11.4. The van der Waals surface area contributed by atoms with Gasteiger partial charge < -0.3 is 5.73 Å². The molecule has 0 saturated heterocycles. The third-order valence-corrected chi connectivity index (χ3v) is 5.83. The molecule has 1 amide bonds. The number of primary amides is 1. The predicted octanol–water partition coefficient (Wildman–Crippen LogP) is 4.44. The summed E-state index contributed by atoms with van der Waals surface area (Å²) in [6.45, 7) is 3.73. The molecule has 5 rings (SSSR count). The number of hydrogen-bond acceptors (Lipinski definition) is 4. The quantitative estimate of drug-likeness (QED) is 0.405. The molecule has 0 atom stereocenters. The molecule has 0 fully saturated rings. The molecule has 0 aliphatic rings. The highest BCUT2D eigenvalue weighted by atomic mass is 16.1. The highest BCUT2D eigenvalue weighted by Crippen LogP contribution is 2.33. The van der Waals surface area contributed by atoms with Crippen LogP contribution in [0.4, 0.5) is 0 Å². The minimum absolute atomic E-state index is 0.286. The first kappa shape index (κ1) is 20.9. The van der Waals surface area contributed by atoms with Gasteiger partial charge in [-0.25, -0.2) is 4.52 Å². The zero-order valence-corrected chi connectivity index (χ0v) is 18.4. The van der Waals surface area contributed by atoms with Crippen LogP contribution in [-0.2, 0) is 11.8 Å². The minimum Gasteiger partial charge on any atom is -0.366 e. The molecular formula is C27H20N6O. The van der Waals surface area contributed by atoms with Crippen LogP contribution >= 0.6 is 0 Å². The van der Waals surface area contributed by atoms with E-state index in [-0.39, 0.29) is 5.57 Å². The molecule has 2 aromatic carbocycles. The third kappa shape index (κ3) is 3.63. The molecule has 0 saturated carbocycles. The van der Waals surface area contributed by atoms with E-state index in [1.807, 2.05) is 68.0 Å². The number of fused-ring (bicyclic) bond motifs is 1. The zero-order chi connectivity index (χ0) is 23.8. The molecular weight excluding hydrogens is 424 g/mol. The summed E-state index contributed by atoms with van der Waals surface area (Å²) < 4.78 is 3.50. The van der Waals surface area contributed by atoms with E-state index in [1.165, 1.54) is 0 Å². The van der Waals surface area contributed by atoms with Crippen molar-refractivity contribution in [3.05, 3.63) is 97.1 Å². The number of pyridine rings is 1. The summed E-state index contributed by atoms with van der Waals surface area (Å²) in [6.07, 6.45) is 7.24. The Labute approximate surface area is 196 Å². The van der Waals surface area contributed by atoms with Crippen molar-refractivity contribution < 1.29 is 4.79 Å². The molecule has 7 nitrogen and oxygen atoms in total. The summed E-state index contributed by atoms with van der Waals surface area (Å²) in [5.74, 6) is -0.534. The fourth-order valence-electron chi connectivity index (χ4n) is 4.00. The maximum absolute atomic E-state index is 11.4. The van der Waals surface area contributed by atoms with Crippen LogP contribution in [0.25, 0.3) is 44.5 Å². The number of rotatable bonds is 5. The summed E-state index contributed by atoms with van der Waals surface area (Å²) in [4.78, 5) is 11.4. The molecule has 0 aliphatic carbocycles. The van der Waals surface area contributed by atoms with E-state index in [4.69, 9.17) is 5.73 Å². The minimum atomic E-state index is -0.534. The number of nitrogens with zero attached hydrogens (tertiary/aromatic N) is 5. The molecule has 3 heterocycles. The Bertz CT molecular complexity index is 1600. The highest BCUT2D eigenvalue weighted by Gasteiger charge is 2.14. The van der Waals surface area contributed by atoms with Gasteiger partial charge in [0, 0.05) is 41.7 Å². The first-order valence-electron chi connectivity index (χ1n) is 10.5. The van der Waals surface area contributed by atoms with Gasteiger partial charge in [0.1, 0.15) is 6.07 Å². The molecule has 0 aliphatic heterocycles. The van der Waals surface area contributed by atoms with Crippen LogP contribution < -0.4 is 5.73 Å². The Kier molecular flexibility index (Phi) is 5.04. The van der Waals surface area contributed by atoms with Crippen LogP contribution in [0, 0.1) is 11.3 Å². The fourth-order valence-corrected chi connectivity index (χ4v) is 4.00. The number of amides is 1. The van der Waals surface area contributed by atoms with Crippen molar-refractivity contribution in [1.82, 2.24) is 19.4 Å². The van der Waals surface area contributed by atoms with Crippen molar-refractivity contribution in [2.24, 2.45) is 12.8 Å². The molecule has 7 heteroatoms. The lowest BCUT2D eigenvalue weighted by molar-refractivity contribution is -0.112. The van der Waals surface area contributed by atoms with Gasteiger partial charge >= 0.3 is 0 Å². The standard InChI is InChI=1S/C27H20N6O/c1-17(27(29)34)18-3-5-19(6-4-18)20-7-9-21(10-8-20)25-11-22(24-14-30-32(2)15-24)16-33-26(25)23(12-28)13-31-33/h3-11,13-16H,1H2,2H3,(H2,29,34). The van der Waals surface area contributed by atoms with Crippen molar-refractivity contribution in [1.29, 1.82) is 5.26 Å². The lowest BCUT2D eigenvalue weighted by Gasteiger charge is -2.10. The molecule has 164 valence electrons. The van der Waals surface area contributed by atoms with Crippen LogP contribution in [0.2, 0.25) is 0 Å². The number of aryl methyl sites for hydroxylation is 1. The Morgan fingerprint density at radius 3 is 2.15 bits per heavy atom. The van der Waals surface area contributed by atoms with Gasteiger partial charge in [0.25, 0.3) is 0 Å². The Morgan fingerprint density at radius 1 is 0.912 bits per heavy atom. The molecule has 0 bridgehead atoms. The fraction of sp³-hybridized carbons (Fsp3) is 0.0370. The van der Waals surface area contributed by atoms with E-state index < -0.39 is 5.91 Å². The van der Waals surface area contributed by atoms with Crippen LogP contribution in [0.1, 0.15) is 11.1 Å². The first-order chi connectivity index (χ1) is 16.4. The van der Waals surface area contributed by atoms with Crippen LogP contribution in [0.15, 0.2) is 86.0 Å². The summed E-state index contributed by atoms with van der Waals surface area (Å²) in [5.41, 5.74) is 13.4.